The van der Waals surface area contributed by atoms with Crippen LogP contribution < -0.4 is 0 Å². The van der Waals surface area contributed by atoms with Gasteiger partial charge in [-0.3, -0.25) is 9.78 Å². The predicted octanol–water partition coefficient (Wildman–Crippen LogP) is 2.80. The van der Waals surface area contributed by atoms with Crippen molar-refractivity contribution in [3.63, 3.8) is 0 Å². The van der Waals surface area contributed by atoms with Gasteiger partial charge < -0.3 is 9.64 Å². The van der Waals surface area contributed by atoms with E-state index in [0.29, 0.717) is 31.0 Å². The second kappa shape index (κ2) is 7.09. The lowest BCUT2D eigenvalue weighted by Gasteiger charge is -2.31. The SMILES string of the molecule is CC1CN(C(=O)c2cn(-c3ccccc3)nc2-c2cccnc2)CCO1. The summed E-state index contributed by atoms with van der Waals surface area (Å²) in [5, 5.41) is 4.68. The molecule has 2 aromatic heterocycles. The van der Waals surface area contributed by atoms with Crippen LogP contribution in [0.2, 0.25) is 0 Å². The lowest BCUT2D eigenvalue weighted by Crippen LogP contribution is -2.44. The van der Waals surface area contributed by atoms with E-state index < -0.39 is 0 Å². The van der Waals surface area contributed by atoms with E-state index in [4.69, 9.17) is 4.74 Å². The molecule has 6 nitrogen and oxygen atoms in total. The van der Waals surface area contributed by atoms with Crippen LogP contribution in [0.25, 0.3) is 16.9 Å². The zero-order valence-corrected chi connectivity index (χ0v) is 14.6. The molecule has 0 aliphatic carbocycles. The highest BCUT2D eigenvalue weighted by Gasteiger charge is 2.27. The van der Waals surface area contributed by atoms with Gasteiger partial charge in [-0.25, -0.2) is 4.68 Å². The molecule has 1 fully saturated rings. The molecule has 26 heavy (non-hydrogen) atoms. The maximum atomic E-state index is 13.2. The smallest absolute Gasteiger partial charge is 0.257 e. The monoisotopic (exact) mass is 348 g/mol. The zero-order chi connectivity index (χ0) is 17.9. The number of para-hydroxylation sites is 1. The number of amides is 1. The summed E-state index contributed by atoms with van der Waals surface area (Å²) in [6.07, 6.45) is 5.29. The fourth-order valence-electron chi connectivity index (χ4n) is 3.13. The summed E-state index contributed by atoms with van der Waals surface area (Å²) in [5.41, 5.74) is 2.96. The lowest BCUT2D eigenvalue weighted by atomic mass is 10.1. The summed E-state index contributed by atoms with van der Waals surface area (Å²) in [6, 6.07) is 13.6. The Morgan fingerprint density at radius 2 is 2.04 bits per heavy atom. The summed E-state index contributed by atoms with van der Waals surface area (Å²) in [4.78, 5) is 19.2. The van der Waals surface area contributed by atoms with Crippen LogP contribution in [0.3, 0.4) is 0 Å². The zero-order valence-electron chi connectivity index (χ0n) is 14.6. The minimum Gasteiger partial charge on any atom is -0.375 e. The van der Waals surface area contributed by atoms with Gasteiger partial charge in [0.25, 0.3) is 5.91 Å². The Morgan fingerprint density at radius 1 is 1.19 bits per heavy atom. The number of carbonyl (C=O) groups excluding carboxylic acids is 1. The Kier molecular flexibility index (Phi) is 4.50. The standard InChI is InChI=1S/C20H20N4O2/c1-15-13-23(10-11-26-15)20(25)18-14-24(17-7-3-2-4-8-17)22-19(18)16-6-5-9-21-12-16/h2-9,12,14-15H,10-11,13H2,1H3. The molecule has 1 amide bonds. The van der Waals surface area contributed by atoms with Crippen molar-refractivity contribution >= 4 is 5.91 Å². The van der Waals surface area contributed by atoms with E-state index >= 15 is 0 Å². The highest BCUT2D eigenvalue weighted by atomic mass is 16.5. The molecule has 1 aromatic carbocycles. The molecular formula is C20H20N4O2. The molecule has 3 heterocycles. The first-order valence-electron chi connectivity index (χ1n) is 8.69. The van der Waals surface area contributed by atoms with Crippen molar-refractivity contribution in [2.75, 3.05) is 19.7 Å². The normalized spacial score (nSPS) is 17.3. The fourth-order valence-corrected chi connectivity index (χ4v) is 3.13. The van der Waals surface area contributed by atoms with Gasteiger partial charge in [-0.15, -0.1) is 0 Å². The maximum Gasteiger partial charge on any atom is 0.257 e. The average molecular weight is 348 g/mol. The van der Waals surface area contributed by atoms with Gasteiger partial charge in [0.15, 0.2) is 0 Å². The Hall–Kier alpha value is -2.99. The molecular weight excluding hydrogens is 328 g/mol. The molecule has 3 aromatic rings. The number of pyridine rings is 1. The Labute approximate surface area is 152 Å². The van der Waals surface area contributed by atoms with Crippen LogP contribution in [0.1, 0.15) is 17.3 Å². The number of hydrogen-bond acceptors (Lipinski definition) is 4. The van der Waals surface area contributed by atoms with Crippen LogP contribution >= 0.6 is 0 Å². The van der Waals surface area contributed by atoms with Crippen molar-refractivity contribution in [1.29, 1.82) is 0 Å². The predicted molar refractivity (Wildman–Crippen MR) is 98.1 cm³/mol. The summed E-state index contributed by atoms with van der Waals surface area (Å²) in [6.45, 7) is 3.71. The molecule has 0 saturated carbocycles. The van der Waals surface area contributed by atoms with Gasteiger partial charge >= 0.3 is 0 Å². The van der Waals surface area contributed by atoms with Crippen molar-refractivity contribution in [2.45, 2.75) is 13.0 Å². The van der Waals surface area contributed by atoms with Crippen LogP contribution in [-0.2, 0) is 4.74 Å². The number of hydrogen-bond donors (Lipinski definition) is 0. The minimum atomic E-state index is -0.0267. The molecule has 1 saturated heterocycles. The van der Waals surface area contributed by atoms with Gasteiger partial charge in [0.05, 0.1) is 24.0 Å². The van der Waals surface area contributed by atoms with Crippen molar-refractivity contribution in [1.82, 2.24) is 19.7 Å². The number of aromatic nitrogens is 3. The van der Waals surface area contributed by atoms with E-state index in [0.717, 1.165) is 11.3 Å². The summed E-state index contributed by atoms with van der Waals surface area (Å²) >= 11 is 0. The molecule has 132 valence electrons. The van der Waals surface area contributed by atoms with E-state index in [9.17, 15) is 4.79 Å². The number of morpholine rings is 1. The largest absolute Gasteiger partial charge is 0.375 e. The molecule has 1 unspecified atom stereocenters. The third-order valence-corrected chi connectivity index (χ3v) is 4.43. The van der Waals surface area contributed by atoms with Crippen LogP contribution in [0.15, 0.2) is 61.1 Å². The van der Waals surface area contributed by atoms with E-state index in [1.807, 2.05) is 54.3 Å². The van der Waals surface area contributed by atoms with Crippen molar-refractivity contribution in [2.24, 2.45) is 0 Å². The van der Waals surface area contributed by atoms with Crippen LogP contribution in [-0.4, -0.2) is 51.4 Å². The second-order valence-corrected chi connectivity index (χ2v) is 6.35. The molecule has 0 spiro atoms. The molecule has 0 bridgehead atoms. The van der Waals surface area contributed by atoms with Gasteiger partial charge in [0, 0.05) is 37.2 Å². The number of nitrogens with zero attached hydrogens (tertiary/aromatic N) is 4. The molecule has 6 heteroatoms. The molecule has 1 aliphatic heterocycles. The van der Waals surface area contributed by atoms with E-state index in [2.05, 4.69) is 10.1 Å². The molecule has 0 N–H and O–H groups in total. The van der Waals surface area contributed by atoms with E-state index in [1.54, 1.807) is 23.3 Å². The number of benzene rings is 1. The highest BCUT2D eigenvalue weighted by molar-refractivity contribution is 6.00. The molecule has 4 rings (SSSR count). The maximum absolute atomic E-state index is 13.2. The third-order valence-electron chi connectivity index (χ3n) is 4.43. The first kappa shape index (κ1) is 16.5. The summed E-state index contributed by atoms with van der Waals surface area (Å²) in [5.74, 6) is -0.0267. The number of rotatable bonds is 3. The van der Waals surface area contributed by atoms with E-state index in [-0.39, 0.29) is 12.0 Å². The van der Waals surface area contributed by atoms with Gasteiger partial charge in [-0.1, -0.05) is 18.2 Å². The van der Waals surface area contributed by atoms with Gasteiger partial charge in [-0.2, -0.15) is 5.10 Å². The molecule has 1 atom stereocenters. The van der Waals surface area contributed by atoms with Crippen molar-refractivity contribution in [3.8, 4) is 16.9 Å². The topological polar surface area (TPSA) is 60.2 Å². The van der Waals surface area contributed by atoms with Crippen molar-refractivity contribution in [3.05, 3.63) is 66.6 Å². The minimum absolute atomic E-state index is 0.0267. The van der Waals surface area contributed by atoms with E-state index in [1.165, 1.54) is 0 Å². The first-order valence-corrected chi connectivity index (χ1v) is 8.69. The number of ether oxygens (including phenoxy) is 1. The van der Waals surface area contributed by atoms with Gasteiger partial charge in [-0.05, 0) is 31.2 Å². The molecule has 0 radical (unpaired) electrons. The van der Waals surface area contributed by atoms with Gasteiger partial charge in [0.2, 0.25) is 0 Å². The third kappa shape index (κ3) is 3.23. The second-order valence-electron chi connectivity index (χ2n) is 6.35. The summed E-state index contributed by atoms with van der Waals surface area (Å²) < 4.78 is 7.31. The van der Waals surface area contributed by atoms with Crippen molar-refractivity contribution < 1.29 is 9.53 Å². The lowest BCUT2D eigenvalue weighted by molar-refractivity contribution is -0.0123. The number of carbonyl (C=O) groups is 1. The Bertz CT molecular complexity index is 893. The highest BCUT2D eigenvalue weighted by Crippen LogP contribution is 2.25. The van der Waals surface area contributed by atoms with Crippen LogP contribution in [0.4, 0.5) is 0 Å². The Balaban J connectivity index is 1.77. The van der Waals surface area contributed by atoms with Gasteiger partial charge in [0.1, 0.15) is 5.69 Å². The Morgan fingerprint density at radius 3 is 2.77 bits per heavy atom. The quantitative estimate of drug-likeness (QED) is 0.730. The average Bonchev–Trinajstić information content (AvgIpc) is 3.14. The molecule has 1 aliphatic rings. The fraction of sp³-hybridized carbons (Fsp3) is 0.250. The van der Waals surface area contributed by atoms with Crippen LogP contribution in [0.5, 0.6) is 0 Å². The summed E-state index contributed by atoms with van der Waals surface area (Å²) in [7, 11) is 0. The van der Waals surface area contributed by atoms with Crippen LogP contribution in [0, 0.1) is 0 Å². The first-order chi connectivity index (χ1) is 12.7.